The van der Waals surface area contributed by atoms with E-state index in [0.717, 1.165) is 43.6 Å². The lowest BCUT2D eigenvalue weighted by Gasteiger charge is -2.32. The molecule has 1 atom stereocenters. The van der Waals surface area contributed by atoms with Crippen molar-refractivity contribution in [3.05, 3.63) is 59.3 Å². The van der Waals surface area contributed by atoms with Crippen molar-refractivity contribution in [2.24, 2.45) is 4.99 Å². The minimum atomic E-state index is 0. The molecule has 0 saturated carbocycles. The molecule has 158 valence electrons. The topological polar surface area (TPSA) is 53.0 Å². The van der Waals surface area contributed by atoms with Gasteiger partial charge in [-0.15, -0.1) is 24.0 Å². The van der Waals surface area contributed by atoms with Gasteiger partial charge in [-0.2, -0.15) is 0 Å². The van der Waals surface area contributed by atoms with Crippen LogP contribution in [0.15, 0.2) is 47.6 Å². The van der Waals surface area contributed by atoms with E-state index >= 15 is 0 Å². The molecule has 1 N–H and O–H groups in total. The third-order valence-corrected chi connectivity index (χ3v) is 5.07. The number of ether oxygens (including phenoxy) is 1. The van der Waals surface area contributed by atoms with Crippen molar-refractivity contribution < 1.29 is 4.74 Å². The zero-order chi connectivity index (χ0) is 19.9. The van der Waals surface area contributed by atoms with Crippen LogP contribution in [0.5, 0.6) is 0 Å². The second-order valence-electron chi connectivity index (χ2n) is 7.34. The van der Waals surface area contributed by atoms with Crippen LogP contribution in [0.25, 0.3) is 0 Å². The average Bonchev–Trinajstić information content (AvgIpc) is 2.71. The Kier molecular flexibility index (Phi) is 9.16. The molecule has 1 unspecified atom stereocenters. The van der Waals surface area contributed by atoms with Crippen LogP contribution in [-0.2, 0) is 17.8 Å². The van der Waals surface area contributed by atoms with Crippen LogP contribution in [0.1, 0.15) is 23.6 Å². The van der Waals surface area contributed by atoms with E-state index in [4.69, 9.17) is 4.74 Å². The van der Waals surface area contributed by atoms with Crippen LogP contribution in [0.2, 0.25) is 0 Å². The molecule has 1 aliphatic rings. The fraction of sp³-hybridized carbons (Fsp3) is 0.455. The molecule has 29 heavy (non-hydrogen) atoms. The Morgan fingerprint density at radius 2 is 2.10 bits per heavy atom. The summed E-state index contributed by atoms with van der Waals surface area (Å²) in [5, 5.41) is 3.43. The van der Waals surface area contributed by atoms with Crippen molar-refractivity contribution in [1.29, 1.82) is 0 Å². The molecule has 1 saturated heterocycles. The predicted octanol–water partition coefficient (Wildman–Crippen LogP) is 3.44. The first kappa shape index (κ1) is 23.4. The first-order chi connectivity index (χ1) is 13.6. The van der Waals surface area contributed by atoms with E-state index in [-0.39, 0.29) is 30.1 Å². The third kappa shape index (κ3) is 6.57. The monoisotopic (exact) mass is 509 g/mol. The Hall–Kier alpha value is -1.87. The van der Waals surface area contributed by atoms with Gasteiger partial charge in [-0.25, -0.2) is 4.98 Å². The van der Waals surface area contributed by atoms with Crippen LogP contribution in [0.3, 0.4) is 0 Å². The number of hydrogen-bond acceptors (Lipinski definition) is 4. The minimum Gasteiger partial charge on any atom is -0.375 e. The number of nitrogens with zero attached hydrogens (tertiary/aromatic N) is 4. The number of pyridine rings is 1. The number of hydrogen-bond donors (Lipinski definition) is 1. The summed E-state index contributed by atoms with van der Waals surface area (Å²) in [7, 11) is 3.88. The van der Waals surface area contributed by atoms with Crippen molar-refractivity contribution >= 4 is 35.8 Å². The van der Waals surface area contributed by atoms with Gasteiger partial charge in [0.15, 0.2) is 5.96 Å². The van der Waals surface area contributed by atoms with Crippen molar-refractivity contribution in [2.75, 3.05) is 38.7 Å². The SMILES string of the molecule is CN=C(NCc1ccc(N2CCOC(C)C2)nc1)N(C)Cc1ccccc1C.I. The van der Waals surface area contributed by atoms with E-state index < -0.39 is 0 Å². The second kappa shape index (κ2) is 11.3. The number of aliphatic imine (C=N–C) groups is 1. The fourth-order valence-corrected chi connectivity index (χ4v) is 3.42. The van der Waals surface area contributed by atoms with Crippen LogP contribution in [0.4, 0.5) is 5.82 Å². The first-order valence-electron chi connectivity index (χ1n) is 9.84. The van der Waals surface area contributed by atoms with E-state index in [1.54, 1.807) is 0 Å². The average molecular weight is 509 g/mol. The summed E-state index contributed by atoms with van der Waals surface area (Å²) in [5.74, 6) is 1.88. The molecule has 7 heteroatoms. The molecule has 1 fully saturated rings. The van der Waals surface area contributed by atoms with Crippen LogP contribution >= 0.6 is 24.0 Å². The molecular formula is C22H32IN5O. The zero-order valence-electron chi connectivity index (χ0n) is 17.8. The van der Waals surface area contributed by atoms with Gasteiger partial charge >= 0.3 is 0 Å². The predicted molar refractivity (Wildman–Crippen MR) is 130 cm³/mol. The van der Waals surface area contributed by atoms with Gasteiger partial charge in [0.1, 0.15) is 5.82 Å². The van der Waals surface area contributed by atoms with Crippen molar-refractivity contribution in [1.82, 2.24) is 15.2 Å². The molecular weight excluding hydrogens is 477 g/mol. The van der Waals surface area contributed by atoms with E-state index in [1.807, 2.05) is 13.2 Å². The Bertz CT molecular complexity index is 796. The molecule has 1 aromatic carbocycles. The van der Waals surface area contributed by atoms with Gasteiger partial charge in [0.05, 0.1) is 12.7 Å². The minimum absolute atomic E-state index is 0. The molecule has 6 nitrogen and oxygen atoms in total. The highest BCUT2D eigenvalue weighted by Crippen LogP contribution is 2.15. The summed E-state index contributed by atoms with van der Waals surface area (Å²) in [5.41, 5.74) is 3.73. The highest BCUT2D eigenvalue weighted by atomic mass is 127. The van der Waals surface area contributed by atoms with Gasteiger partial charge in [0.25, 0.3) is 0 Å². The van der Waals surface area contributed by atoms with Crippen molar-refractivity contribution in [3.63, 3.8) is 0 Å². The van der Waals surface area contributed by atoms with E-state index in [2.05, 4.69) is 82.4 Å². The summed E-state index contributed by atoms with van der Waals surface area (Å²) in [6, 6.07) is 12.7. The third-order valence-electron chi connectivity index (χ3n) is 5.07. The lowest BCUT2D eigenvalue weighted by molar-refractivity contribution is 0.0529. The van der Waals surface area contributed by atoms with Gasteiger partial charge in [-0.3, -0.25) is 4.99 Å². The largest absolute Gasteiger partial charge is 0.375 e. The number of anilines is 1. The number of rotatable bonds is 5. The smallest absolute Gasteiger partial charge is 0.193 e. The molecule has 0 radical (unpaired) electrons. The Morgan fingerprint density at radius 1 is 1.31 bits per heavy atom. The molecule has 1 aromatic heterocycles. The zero-order valence-corrected chi connectivity index (χ0v) is 20.1. The Labute approximate surface area is 191 Å². The summed E-state index contributed by atoms with van der Waals surface area (Å²) < 4.78 is 5.61. The molecule has 2 heterocycles. The van der Waals surface area contributed by atoms with Gasteiger partial charge in [-0.1, -0.05) is 30.3 Å². The number of morpholine rings is 1. The molecule has 3 rings (SSSR count). The fourth-order valence-electron chi connectivity index (χ4n) is 3.42. The lowest BCUT2D eigenvalue weighted by Crippen LogP contribution is -2.41. The van der Waals surface area contributed by atoms with E-state index in [9.17, 15) is 0 Å². The Morgan fingerprint density at radius 3 is 2.76 bits per heavy atom. The van der Waals surface area contributed by atoms with Gasteiger partial charge in [0.2, 0.25) is 0 Å². The van der Waals surface area contributed by atoms with Crippen molar-refractivity contribution in [2.45, 2.75) is 33.0 Å². The normalized spacial score (nSPS) is 16.9. The molecule has 0 bridgehead atoms. The lowest BCUT2D eigenvalue weighted by atomic mass is 10.1. The maximum Gasteiger partial charge on any atom is 0.193 e. The summed E-state index contributed by atoms with van der Waals surface area (Å²) in [6.07, 6.45) is 2.20. The summed E-state index contributed by atoms with van der Waals surface area (Å²) in [6.45, 7) is 8.30. The molecule has 1 aliphatic heterocycles. The molecule has 0 aliphatic carbocycles. The van der Waals surface area contributed by atoms with Gasteiger partial charge < -0.3 is 19.9 Å². The number of benzene rings is 1. The van der Waals surface area contributed by atoms with Crippen LogP contribution in [0, 0.1) is 6.92 Å². The quantitative estimate of drug-likeness (QED) is 0.380. The van der Waals surface area contributed by atoms with Crippen LogP contribution in [-0.4, -0.2) is 55.7 Å². The van der Waals surface area contributed by atoms with Crippen molar-refractivity contribution in [3.8, 4) is 0 Å². The standard InChI is InChI=1S/C22H31N5O.HI/c1-17-7-5-6-8-20(17)16-26(4)22(23-3)25-14-19-9-10-21(24-13-19)27-11-12-28-18(2)15-27;/h5-10,13,18H,11-12,14-16H2,1-4H3,(H,23,25);1H. The summed E-state index contributed by atoms with van der Waals surface area (Å²) in [4.78, 5) is 13.5. The van der Waals surface area contributed by atoms with Crippen LogP contribution < -0.4 is 10.2 Å². The number of aromatic nitrogens is 1. The second-order valence-corrected chi connectivity index (χ2v) is 7.34. The first-order valence-corrected chi connectivity index (χ1v) is 9.84. The van der Waals surface area contributed by atoms with Gasteiger partial charge in [-0.05, 0) is 36.6 Å². The van der Waals surface area contributed by atoms with E-state index in [1.165, 1.54) is 11.1 Å². The maximum atomic E-state index is 5.61. The Balaban J connectivity index is 0.00000300. The molecule has 2 aromatic rings. The number of halogens is 1. The number of aryl methyl sites for hydroxylation is 1. The van der Waals surface area contributed by atoms with E-state index in [0.29, 0.717) is 6.54 Å². The highest BCUT2D eigenvalue weighted by Gasteiger charge is 2.17. The number of guanidine groups is 1. The van der Waals surface area contributed by atoms with Gasteiger partial charge in [0, 0.05) is 46.5 Å². The highest BCUT2D eigenvalue weighted by molar-refractivity contribution is 14.0. The maximum absolute atomic E-state index is 5.61. The molecule has 0 amide bonds. The summed E-state index contributed by atoms with van der Waals surface area (Å²) >= 11 is 0. The number of nitrogens with one attached hydrogen (secondary N) is 1. The molecule has 0 spiro atoms.